The van der Waals surface area contributed by atoms with Gasteiger partial charge in [0.1, 0.15) is 18.1 Å². The molecular formula is C33H48N8O5. The minimum atomic E-state index is -0.944. The number of carbonyl (C=O) groups is 5. The molecule has 9 N–H and O–H groups in total. The lowest BCUT2D eigenvalue weighted by Gasteiger charge is -2.27. The van der Waals surface area contributed by atoms with Crippen molar-refractivity contribution in [2.75, 3.05) is 13.1 Å². The van der Waals surface area contributed by atoms with E-state index >= 15 is 0 Å². The van der Waals surface area contributed by atoms with Gasteiger partial charge in [-0.2, -0.15) is 0 Å². The van der Waals surface area contributed by atoms with E-state index in [0.717, 1.165) is 11.1 Å². The fraction of sp³-hybridized carbons (Fsp3) is 0.455. The summed E-state index contributed by atoms with van der Waals surface area (Å²) in [7, 11) is 0. The summed E-state index contributed by atoms with van der Waals surface area (Å²) in [6.45, 7) is 7.05. The van der Waals surface area contributed by atoms with Crippen molar-refractivity contribution in [3.63, 3.8) is 0 Å². The van der Waals surface area contributed by atoms with Gasteiger partial charge in [-0.1, -0.05) is 74.5 Å². The molecule has 2 rings (SSSR count). The Morgan fingerprint density at radius 3 is 1.91 bits per heavy atom. The molecule has 0 aromatic heterocycles. The van der Waals surface area contributed by atoms with Crippen molar-refractivity contribution in [2.24, 2.45) is 22.4 Å². The fourth-order valence-electron chi connectivity index (χ4n) is 4.58. The number of aliphatic imine (C=N–C) groups is 1. The second-order valence-corrected chi connectivity index (χ2v) is 11.5. The Bertz CT molecular complexity index is 1320. The van der Waals surface area contributed by atoms with Crippen molar-refractivity contribution in [3.8, 4) is 0 Å². The van der Waals surface area contributed by atoms with E-state index in [0.29, 0.717) is 12.8 Å². The first-order valence-electron chi connectivity index (χ1n) is 15.4. The fourth-order valence-corrected chi connectivity index (χ4v) is 4.58. The largest absolute Gasteiger partial charge is 0.370 e. The summed E-state index contributed by atoms with van der Waals surface area (Å²) in [5, 5.41) is 13.9. The molecule has 0 aliphatic carbocycles. The number of carbonyl (C=O) groups excluding carboxylic acids is 5. The SMILES string of the molecule is CC(=O)N[C@@H](Cc1ccccc1)C(=O)NC[C@@H](NC(=O)[C@H](C)NC(=O)[C@H](CCCN=C(N)N)NC(=O)Cc1ccccc1)C(C)C. The molecule has 0 spiro atoms. The van der Waals surface area contributed by atoms with Crippen LogP contribution in [0.1, 0.15) is 51.7 Å². The van der Waals surface area contributed by atoms with Gasteiger partial charge in [0, 0.05) is 32.5 Å². The van der Waals surface area contributed by atoms with E-state index in [9.17, 15) is 24.0 Å². The van der Waals surface area contributed by atoms with Crippen LogP contribution in [0.5, 0.6) is 0 Å². The van der Waals surface area contributed by atoms with Crippen LogP contribution in [0.3, 0.4) is 0 Å². The van der Waals surface area contributed by atoms with E-state index in [1.165, 1.54) is 13.8 Å². The van der Waals surface area contributed by atoms with Gasteiger partial charge in [0.15, 0.2) is 5.96 Å². The lowest BCUT2D eigenvalue weighted by atomic mass is 10.0. The Morgan fingerprint density at radius 2 is 1.35 bits per heavy atom. The van der Waals surface area contributed by atoms with E-state index in [2.05, 4.69) is 31.6 Å². The van der Waals surface area contributed by atoms with Crippen molar-refractivity contribution in [2.45, 2.75) is 77.5 Å². The van der Waals surface area contributed by atoms with E-state index in [4.69, 9.17) is 11.5 Å². The van der Waals surface area contributed by atoms with E-state index < -0.39 is 36.0 Å². The molecule has 2 aromatic rings. The van der Waals surface area contributed by atoms with Crippen LogP contribution < -0.4 is 38.1 Å². The average Bonchev–Trinajstić information content (AvgIpc) is 3.00. The maximum Gasteiger partial charge on any atom is 0.243 e. The van der Waals surface area contributed by atoms with Crippen LogP contribution in [0.25, 0.3) is 0 Å². The maximum absolute atomic E-state index is 13.2. The summed E-state index contributed by atoms with van der Waals surface area (Å²) in [5.41, 5.74) is 12.5. The topological polar surface area (TPSA) is 210 Å². The van der Waals surface area contributed by atoms with Crippen molar-refractivity contribution < 1.29 is 24.0 Å². The average molecular weight is 637 g/mol. The molecule has 0 fully saturated rings. The minimum absolute atomic E-state index is 0.0685. The molecule has 0 saturated carbocycles. The highest BCUT2D eigenvalue weighted by molar-refractivity contribution is 5.92. The number of hydrogen-bond donors (Lipinski definition) is 7. The van der Waals surface area contributed by atoms with Gasteiger partial charge in [-0.3, -0.25) is 29.0 Å². The summed E-state index contributed by atoms with van der Waals surface area (Å²) in [6, 6.07) is 15.3. The molecule has 2 aromatic carbocycles. The molecule has 46 heavy (non-hydrogen) atoms. The van der Waals surface area contributed by atoms with Gasteiger partial charge in [-0.25, -0.2) is 0 Å². The molecule has 4 atom stereocenters. The predicted octanol–water partition coefficient (Wildman–Crippen LogP) is 0.277. The molecule has 0 aliphatic rings. The standard InChI is InChI=1S/C33H48N8O5/c1-21(2)28(20-37-31(45)27(39-23(4)42)18-24-12-7-5-8-13-24)41-30(44)22(3)38-32(46)26(16-11-17-36-33(34)35)40-29(43)19-25-14-9-6-10-15-25/h5-10,12-15,21-22,26-28H,11,16-20H2,1-4H3,(H,37,45)(H,38,46)(H,39,42)(H,40,43)(H,41,44)(H4,34,35,36)/t22-,26-,27-,28+/m0/s1. The quantitative estimate of drug-likeness (QED) is 0.0689. The molecular weight excluding hydrogens is 588 g/mol. The third kappa shape index (κ3) is 14.2. The number of amides is 5. The van der Waals surface area contributed by atoms with Crippen LogP contribution in [-0.4, -0.2) is 72.8 Å². The summed E-state index contributed by atoms with van der Waals surface area (Å²) >= 11 is 0. The van der Waals surface area contributed by atoms with Crippen LogP contribution in [0, 0.1) is 5.92 Å². The summed E-state index contributed by atoms with van der Waals surface area (Å²) < 4.78 is 0. The molecule has 250 valence electrons. The second kappa shape index (κ2) is 19.4. The van der Waals surface area contributed by atoms with Gasteiger partial charge in [-0.05, 0) is 36.8 Å². The third-order valence-corrected chi connectivity index (χ3v) is 7.16. The van der Waals surface area contributed by atoms with Gasteiger partial charge in [-0.15, -0.1) is 0 Å². The van der Waals surface area contributed by atoms with E-state index in [1.54, 1.807) is 0 Å². The van der Waals surface area contributed by atoms with Crippen LogP contribution >= 0.6 is 0 Å². The zero-order valence-corrected chi connectivity index (χ0v) is 27.0. The highest BCUT2D eigenvalue weighted by Gasteiger charge is 2.27. The van der Waals surface area contributed by atoms with Crippen molar-refractivity contribution >= 4 is 35.5 Å². The Labute approximate surface area is 270 Å². The monoisotopic (exact) mass is 636 g/mol. The molecule has 13 nitrogen and oxygen atoms in total. The third-order valence-electron chi connectivity index (χ3n) is 7.16. The lowest BCUT2D eigenvalue weighted by Crippen LogP contribution is -2.56. The first-order chi connectivity index (χ1) is 21.8. The van der Waals surface area contributed by atoms with Gasteiger partial charge < -0.3 is 38.1 Å². The molecule has 0 radical (unpaired) electrons. The predicted molar refractivity (Wildman–Crippen MR) is 177 cm³/mol. The van der Waals surface area contributed by atoms with Gasteiger partial charge in [0.05, 0.1) is 6.42 Å². The Balaban J connectivity index is 2.00. The number of guanidine groups is 1. The summed E-state index contributed by atoms with van der Waals surface area (Å²) in [6.07, 6.45) is 1.06. The molecule has 0 saturated heterocycles. The zero-order chi connectivity index (χ0) is 34.1. The molecule has 13 heteroatoms. The van der Waals surface area contributed by atoms with Crippen LogP contribution in [0.4, 0.5) is 0 Å². The number of nitrogens with two attached hydrogens (primary N) is 2. The van der Waals surface area contributed by atoms with E-state index in [1.807, 2.05) is 74.5 Å². The highest BCUT2D eigenvalue weighted by atomic mass is 16.2. The molecule has 0 heterocycles. The van der Waals surface area contributed by atoms with E-state index in [-0.39, 0.29) is 55.5 Å². The van der Waals surface area contributed by atoms with Crippen molar-refractivity contribution in [1.29, 1.82) is 0 Å². The summed E-state index contributed by atoms with van der Waals surface area (Å²) in [5.74, 6) is -2.18. The molecule has 0 bridgehead atoms. The number of hydrogen-bond acceptors (Lipinski definition) is 6. The van der Waals surface area contributed by atoms with Gasteiger partial charge in [0.25, 0.3) is 0 Å². The Morgan fingerprint density at radius 1 is 0.739 bits per heavy atom. The van der Waals surface area contributed by atoms with Crippen LogP contribution in [-0.2, 0) is 36.8 Å². The molecule has 0 aliphatic heterocycles. The van der Waals surface area contributed by atoms with Crippen LogP contribution in [0.15, 0.2) is 65.7 Å². The second-order valence-electron chi connectivity index (χ2n) is 11.5. The highest BCUT2D eigenvalue weighted by Crippen LogP contribution is 2.07. The van der Waals surface area contributed by atoms with Crippen molar-refractivity contribution in [1.82, 2.24) is 26.6 Å². The zero-order valence-electron chi connectivity index (χ0n) is 27.0. The van der Waals surface area contributed by atoms with Gasteiger partial charge in [0.2, 0.25) is 29.5 Å². The van der Waals surface area contributed by atoms with Crippen LogP contribution in [0.2, 0.25) is 0 Å². The number of nitrogens with one attached hydrogen (secondary N) is 5. The smallest absolute Gasteiger partial charge is 0.243 e. The Hall–Kier alpha value is -4.94. The first kappa shape index (κ1) is 37.2. The first-order valence-corrected chi connectivity index (χ1v) is 15.4. The Kier molecular flexibility index (Phi) is 15.7. The normalized spacial score (nSPS) is 13.3. The van der Waals surface area contributed by atoms with Gasteiger partial charge >= 0.3 is 0 Å². The van der Waals surface area contributed by atoms with Crippen molar-refractivity contribution in [3.05, 3.63) is 71.8 Å². The molecule has 5 amide bonds. The lowest BCUT2D eigenvalue weighted by molar-refractivity contribution is -0.132. The number of nitrogens with zero attached hydrogens (tertiary/aromatic N) is 1. The number of benzene rings is 2. The summed E-state index contributed by atoms with van der Waals surface area (Å²) in [4.78, 5) is 67.9. The maximum atomic E-state index is 13.2. The molecule has 0 unspecified atom stereocenters. The minimum Gasteiger partial charge on any atom is -0.370 e. The number of rotatable bonds is 18.